The molecule has 1 amide bonds. The van der Waals surface area contributed by atoms with E-state index in [1.54, 1.807) is 6.92 Å². The first-order valence-corrected chi connectivity index (χ1v) is 4.43. The summed E-state index contributed by atoms with van der Waals surface area (Å²) >= 11 is 0. The van der Waals surface area contributed by atoms with Crippen LogP contribution in [0, 0.1) is 0 Å². The van der Waals surface area contributed by atoms with Crippen molar-refractivity contribution >= 4 is 5.91 Å². The molecule has 0 aromatic heterocycles. The lowest BCUT2D eigenvalue weighted by Crippen LogP contribution is -2.57. The van der Waals surface area contributed by atoms with Crippen molar-refractivity contribution in [2.24, 2.45) is 0 Å². The van der Waals surface area contributed by atoms with Gasteiger partial charge in [-0.2, -0.15) is 0 Å². The maximum Gasteiger partial charge on any atom is 0.253 e. The minimum absolute atomic E-state index is 0.0464. The highest BCUT2D eigenvalue weighted by molar-refractivity contribution is 5.85. The maximum atomic E-state index is 11.5. The van der Waals surface area contributed by atoms with Crippen LogP contribution in [0.1, 0.15) is 6.92 Å². The van der Waals surface area contributed by atoms with E-state index >= 15 is 0 Å². The monoisotopic (exact) mass is 188 g/mol. The average Bonchev–Trinajstić information content (AvgIpc) is 2.15. The minimum atomic E-state index is -0.784. The predicted octanol–water partition coefficient (Wildman–Crippen LogP) is -1.53. The van der Waals surface area contributed by atoms with Gasteiger partial charge in [-0.05, 0) is 6.92 Å². The van der Waals surface area contributed by atoms with Crippen LogP contribution in [0.3, 0.4) is 0 Å². The molecule has 1 rings (SSSR count). The SMILES string of the molecule is C[C@@]1(C(=O)NCCO)CNCCO1. The van der Waals surface area contributed by atoms with Gasteiger partial charge < -0.3 is 20.5 Å². The van der Waals surface area contributed by atoms with E-state index in [0.29, 0.717) is 13.2 Å². The number of carbonyl (C=O) groups is 1. The first kappa shape index (κ1) is 10.4. The van der Waals surface area contributed by atoms with Gasteiger partial charge in [-0.3, -0.25) is 4.79 Å². The molecule has 0 bridgehead atoms. The summed E-state index contributed by atoms with van der Waals surface area (Å²) in [6.45, 7) is 3.81. The van der Waals surface area contributed by atoms with Crippen molar-refractivity contribution in [2.75, 3.05) is 32.8 Å². The van der Waals surface area contributed by atoms with Crippen molar-refractivity contribution in [2.45, 2.75) is 12.5 Å². The molecule has 1 aliphatic heterocycles. The third-order valence-corrected chi connectivity index (χ3v) is 2.04. The van der Waals surface area contributed by atoms with Crippen molar-refractivity contribution in [3.05, 3.63) is 0 Å². The highest BCUT2D eigenvalue weighted by Gasteiger charge is 2.35. The van der Waals surface area contributed by atoms with E-state index in [4.69, 9.17) is 9.84 Å². The van der Waals surface area contributed by atoms with Gasteiger partial charge in [-0.15, -0.1) is 0 Å². The van der Waals surface area contributed by atoms with Gasteiger partial charge in [0.1, 0.15) is 0 Å². The molecular weight excluding hydrogens is 172 g/mol. The van der Waals surface area contributed by atoms with Gasteiger partial charge in [0, 0.05) is 19.6 Å². The van der Waals surface area contributed by atoms with E-state index < -0.39 is 5.60 Å². The van der Waals surface area contributed by atoms with Gasteiger partial charge >= 0.3 is 0 Å². The van der Waals surface area contributed by atoms with Crippen LogP contribution in [0.4, 0.5) is 0 Å². The highest BCUT2D eigenvalue weighted by atomic mass is 16.5. The van der Waals surface area contributed by atoms with Crippen LogP contribution in [-0.2, 0) is 9.53 Å². The number of hydrogen-bond acceptors (Lipinski definition) is 4. The lowest BCUT2D eigenvalue weighted by atomic mass is 10.0. The molecular formula is C8H16N2O3. The fourth-order valence-corrected chi connectivity index (χ4v) is 1.23. The van der Waals surface area contributed by atoms with E-state index in [1.165, 1.54) is 0 Å². The maximum absolute atomic E-state index is 11.5. The average molecular weight is 188 g/mol. The Balaban J connectivity index is 2.42. The van der Waals surface area contributed by atoms with E-state index in [0.717, 1.165) is 6.54 Å². The molecule has 0 radical (unpaired) electrons. The van der Waals surface area contributed by atoms with Gasteiger partial charge in [0.25, 0.3) is 5.91 Å². The predicted molar refractivity (Wildman–Crippen MR) is 47.3 cm³/mol. The van der Waals surface area contributed by atoms with Crippen LogP contribution in [0.15, 0.2) is 0 Å². The highest BCUT2D eigenvalue weighted by Crippen LogP contribution is 2.11. The molecule has 13 heavy (non-hydrogen) atoms. The van der Waals surface area contributed by atoms with Crippen LogP contribution >= 0.6 is 0 Å². The Hall–Kier alpha value is -0.650. The summed E-state index contributed by atoms with van der Waals surface area (Å²) in [6, 6.07) is 0. The molecule has 1 aliphatic rings. The number of aliphatic hydroxyl groups excluding tert-OH is 1. The van der Waals surface area contributed by atoms with Crippen LogP contribution in [0.25, 0.3) is 0 Å². The third kappa shape index (κ3) is 2.65. The zero-order valence-electron chi connectivity index (χ0n) is 7.80. The Bertz CT molecular complexity index is 178. The van der Waals surface area contributed by atoms with E-state index in [2.05, 4.69) is 10.6 Å². The number of rotatable bonds is 3. The number of nitrogens with one attached hydrogen (secondary N) is 2. The molecule has 0 spiro atoms. The molecule has 0 unspecified atom stereocenters. The summed E-state index contributed by atoms with van der Waals surface area (Å²) < 4.78 is 5.37. The second kappa shape index (κ2) is 4.55. The zero-order chi connectivity index (χ0) is 9.73. The molecule has 5 nitrogen and oxygen atoms in total. The number of ether oxygens (including phenoxy) is 1. The summed E-state index contributed by atoms with van der Waals surface area (Å²) in [5.41, 5.74) is -0.784. The Morgan fingerprint density at radius 1 is 1.77 bits per heavy atom. The lowest BCUT2D eigenvalue weighted by molar-refractivity contribution is -0.147. The summed E-state index contributed by atoms with van der Waals surface area (Å²) in [5, 5.41) is 14.2. The van der Waals surface area contributed by atoms with Crippen molar-refractivity contribution in [1.82, 2.24) is 10.6 Å². The molecule has 5 heteroatoms. The van der Waals surface area contributed by atoms with E-state index in [-0.39, 0.29) is 19.1 Å². The lowest BCUT2D eigenvalue weighted by Gasteiger charge is -2.32. The van der Waals surface area contributed by atoms with Gasteiger partial charge in [-0.25, -0.2) is 0 Å². The molecule has 1 fully saturated rings. The molecule has 3 N–H and O–H groups in total. The molecule has 0 aromatic carbocycles. The first-order chi connectivity index (χ1) is 6.19. The second-order valence-corrected chi connectivity index (χ2v) is 3.24. The third-order valence-electron chi connectivity index (χ3n) is 2.04. The van der Waals surface area contributed by atoms with Gasteiger partial charge in [0.05, 0.1) is 13.2 Å². The topological polar surface area (TPSA) is 70.6 Å². The Morgan fingerprint density at radius 3 is 3.08 bits per heavy atom. The van der Waals surface area contributed by atoms with E-state index in [9.17, 15) is 4.79 Å². The van der Waals surface area contributed by atoms with Crippen molar-refractivity contribution < 1.29 is 14.6 Å². The molecule has 1 heterocycles. The van der Waals surface area contributed by atoms with E-state index in [1.807, 2.05) is 0 Å². The molecule has 1 atom stereocenters. The largest absolute Gasteiger partial charge is 0.395 e. The molecule has 76 valence electrons. The summed E-state index contributed by atoms with van der Waals surface area (Å²) in [4.78, 5) is 11.5. The fraction of sp³-hybridized carbons (Fsp3) is 0.875. The van der Waals surface area contributed by atoms with Gasteiger partial charge in [0.2, 0.25) is 0 Å². The van der Waals surface area contributed by atoms with Gasteiger partial charge in [-0.1, -0.05) is 0 Å². The molecule has 1 saturated heterocycles. The van der Waals surface area contributed by atoms with Crippen LogP contribution in [0.5, 0.6) is 0 Å². The fourth-order valence-electron chi connectivity index (χ4n) is 1.23. The standard InChI is InChI=1S/C8H16N2O3/c1-8(6-9-3-5-13-8)7(12)10-2-4-11/h9,11H,2-6H2,1H3,(H,10,12)/t8-/m0/s1. The smallest absolute Gasteiger partial charge is 0.253 e. The van der Waals surface area contributed by atoms with Crippen LogP contribution < -0.4 is 10.6 Å². The van der Waals surface area contributed by atoms with Gasteiger partial charge in [0.15, 0.2) is 5.60 Å². The molecule has 0 aromatic rings. The quantitative estimate of drug-likeness (QED) is 0.503. The summed E-state index contributed by atoms with van der Waals surface area (Å²) in [7, 11) is 0. The zero-order valence-corrected chi connectivity index (χ0v) is 7.80. The van der Waals surface area contributed by atoms with Crippen LogP contribution in [-0.4, -0.2) is 49.5 Å². The number of carbonyl (C=O) groups excluding carboxylic acids is 1. The van der Waals surface area contributed by atoms with Crippen molar-refractivity contribution in [3.63, 3.8) is 0 Å². The number of hydrogen-bond donors (Lipinski definition) is 3. The van der Waals surface area contributed by atoms with Crippen molar-refractivity contribution in [3.8, 4) is 0 Å². The van der Waals surface area contributed by atoms with Crippen molar-refractivity contribution in [1.29, 1.82) is 0 Å². The molecule has 0 saturated carbocycles. The number of aliphatic hydroxyl groups is 1. The Labute approximate surface area is 77.5 Å². The van der Waals surface area contributed by atoms with Crippen LogP contribution in [0.2, 0.25) is 0 Å². The first-order valence-electron chi connectivity index (χ1n) is 4.43. The molecule has 0 aliphatic carbocycles. The second-order valence-electron chi connectivity index (χ2n) is 3.24. The Morgan fingerprint density at radius 2 is 2.54 bits per heavy atom. The normalized spacial score (nSPS) is 28.5. The number of amides is 1. The summed E-state index contributed by atoms with van der Waals surface area (Å²) in [6.07, 6.45) is 0. The Kier molecular flexibility index (Phi) is 3.65. The summed E-state index contributed by atoms with van der Waals surface area (Å²) in [5.74, 6) is -0.172. The minimum Gasteiger partial charge on any atom is -0.395 e. The number of morpholine rings is 1.